The predicted octanol–water partition coefficient (Wildman–Crippen LogP) is 33.5. The highest BCUT2D eigenvalue weighted by Crippen LogP contribution is 2.57. The van der Waals surface area contributed by atoms with Crippen LogP contribution in [0.4, 0.5) is 0 Å². The second-order valence-corrected chi connectivity index (χ2v) is 37.9. The van der Waals surface area contributed by atoms with Crippen molar-refractivity contribution in [1.29, 1.82) is 0 Å². The minimum atomic E-state index is -1.38. The predicted molar refractivity (Wildman–Crippen MR) is 570 cm³/mol. The molecule has 4 nitrogen and oxygen atoms in total. The molecule has 3 N–H and O–H groups in total. The molecule has 2 aliphatic carbocycles. The average Bonchev–Trinajstić information content (AvgIpc) is 0.721. The van der Waals surface area contributed by atoms with Crippen molar-refractivity contribution in [3.05, 3.63) is 417 Å². The molecule has 22 aromatic carbocycles. The van der Waals surface area contributed by atoms with E-state index in [1.807, 2.05) is 54.6 Å². The van der Waals surface area contributed by atoms with Crippen molar-refractivity contribution < 1.29 is 19.9 Å². The SMILES string of the molecule is C.C.COc1cccc(CO)c1-c1ccccc1P(C1CCCCC1)C1CCCCC1.Clc1ccc2c(c1)c(-c1cccc3ccccc13)cc1c3ccccc3c(-c3cccc4ccccc34)cc21.OB(O)c1ccc2ccccc2c1.c1ccc2cc(-c3ccc4c(c3)c(-c3cccc5ccccc35)cc3c5ccccc5c(-c5cccc6ccccc56)cc43)ccc2c1. The molecule has 2 saturated carbocycles. The van der Waals surface area contributed by atoms with E-state index in [-0.39, 0.29) is 29.4 Å². The fourth-order valence-electron chi connectivity index (χ4n) is 21.1. The lowest BCUT2D eigenvalue weighted by Crippen LogP contribution is -2.29. The van der Waals surface area contributed by atoms with Gasteiger partial charge in [0.1, 0.15) is 5.75 Å². The molecule has 2 aliphatic rings. The normalized spacial score (nSPS) is 13.0. The molecule has 640 valence electrons. The molecule has 24 rings (SSSR count). The third kappa shape index (κ3) is 17.0. The van der Waals surface area contributed by atoms with Gasteiger partial charge < -0.3 is 19.9 Å². The molecule has 0 spiro atoms. The molecule has 7 heteroatoms. The summed E-state index contributed by atoms with van der Waals surface area (Å²) in [6.45, 7) is 0.0473. The van der Waals surface area contributed by atoms with Crippen LogP contribution in [0.2, 0.25) is 5.02 Å². The molecule has 0 aliphatic heterocycles. The third-order valence-corrected chi connectivity index (χ3v) is 31.1. The number of rotatable bonds is 12. The van der Waals surface area contributed by atoms with E-state index in [9.17, 15) is 5.11 Å². The Morgan fingerprint density at radius 2 is 0.611 bits per heavy atom. The fourth-order valence-corrected chi connectivity index (χ4v) is 25.2. The van der Waals surface area contributed by atoms with Gasteiger partial charge in [0.15, 0.2) is 0 Å². The summed E-state index contributed by atoms with van der Waals surface area (Å²) < 4.78 is 5.76. The third-order valence-electron chi connectivity index (χ3n) is 27.3. The Hall–Kier alpha value is -13.6. The van der Waals surface area contributed by atoms with Gasteiger partial charge in [-0.3, -0.25) is 0 Å². The lowest BCUT2D eigenvalue weighted by Gasteiger charge is -2.39. The van der Waals surface area contributed by atoms with E-state index in [0.29, 0.717) is 5.46 Å². The minimum absolute atomic E-state index is 0. The summed E-state index contributed by atoms with van der Waals surface area (Å²) in [4.78, 5) is 0. The van der Waals surface area contributed by atoms with Crippen LogP contribution in [0.25, 0.3) is 196 Å². The number of aliphatic hydroxyl groups excluding tert-OH is 1. The van der Waals surface area contributed by atoms with E-state index in [2.05, 4.69) is 340 Å². The number of methoxy groups -OCH3 is 1. The van der Waals surface area contributed by atoms with Crippen molar-refractivity contribution in [2.75, 3.05) is 7.11 Å². The molecule has 0 bridgehead atoms. The Bertz CT molecular complexity index is 7960. The number of benzene rings is 22. The Balaban J connectivity index is 0.000000121. The van der Waals surface area contributed by atoms with Gasteiger partial charge >= 0.3 is 7.12 Å². The summed E-state index contributed by atoms with van der Waals surface area (Å²) in [6, 6.07) is 146. The molecule has 0 radical (unpaired) electrons. The molecule has 0 unspecified atom stereocenters. The first kappa shape index (κ1) is 86.8. The van der Waals surface area contributed by atoms with Crippen molar-refractivity contribution in [3.8, 4) is 72.5 Å². The van der Waals surface area contributed by atoms with Gasteiger partial charge in [-0.2, -0.15) is 0 Å². The van der Waals surface area contributed by atoms with Crippen molar-refractivity contribution >= 4 is 167 Å². The van der Waals surface area contributed by atoms with Crippen molar-refractivity contribution in [3.63, 3.8) is 0 Å². The zero-order chi connectivity index (χ0) is 86.8. The molecule has 0 heterocycles. The average molecular weight is 1740 g/mol. The molecule has 0 atom stereocenters. The van der Waals surface area contributed by atoms with E-state index < -0.39 is 7.12 Å². The lowest BCUT2D eigenvalue weighted by molar-refractivity contribution is 0.281. The molecule has 22 aromatic rings. The number of halogens is 1. The maximum Gasteiger partial charge on any atom is 0.488 e. The van der Waals surface area contributed by atoms with Crippen LogP contribution in [0.5, 0.6) is 5.75 Å². The molecule has 0 aromatic heterocycles. The second kappa shape index (κ2) is 38.6. The number of hydrogen-bond acceptors (Lipinski definition) is 4. The van der Waals surface area contributed by atoms with Gasteiger partial charge in [-0.25, -0.2) is 0 Å². The van der Waals surface area contributed by atoms with Crippen molar-refractivity contribution in [2.24, 2.45) is 0 Å². The number of aliphatic hydroxyl groups is 1. The summed E-state index contributed by atoms with van der Waals surface area (Å²) >= 11 is 6.64. The van der Waals surface area contributed by atoms with E-state index in [0.717, 1.165) is 44.0 Å². The zero-order valence-corrected chi connectivity index (χ0v) is 73.9. The first-order valence-corrected chi connectivity index (χ1v) is 47.4. The monoisotopic (exact) mass is 1730 g/mol. The standard InChI is InChI=1S/C48H30.C38H23Cl.C26H35O2P.C10H9BO2.2CH4/c1-2-14-34-27-35(24-23-31(34)11-1)36-25-26-43-44(28-36)46(40-22-10-16-33-13-4-6-18-38(33)40)30-47-42-20-8-7-19-41(42)45(29-48(43)47)39-21-9-15-32-12-3-5-17-37(32)39;39-26-19-20-33-34(21-26)36(30-18-8-12-25-10-2-4-14-28(25)30)23-37-32-16-6-5-15-31(32)35(22-38(33)37)29-17-7-11-24-9-1-3-13-27(24)29;1-28-24-17-10-11-20(19-27)26(24)23-16-8-9-18-25(23)29(21-12-4-2-5-13-21)22-14-6-3-7-15-22;12-11(13)10-6-5-8-3-1-2-4-9(8)7-10;;/h1-30H;1-23H;8-11,16-18,21-22,27H,2-7,12-15,19H2,1H3;1-7,12-13H;2*1H4. The highest BCUT2D eigenvalue weighted by Gasteiger charge is 2.35. The minimum Gasteiger partial charge on any atom is -0.496 e. The smallest absolute Gasteiger partial charge is 0.488 e. The maximum atomic E-state index is 10.1. The van der Waals surface area contributed by atoms with Crippen LogP contribution in [0.1, 0.15) is 84.6 Å². The Morgan fingerprint density at radius 3 is 1.06 bits per heavy atom. The summed E-state index contributed by atoms with van der Waals surface area (Å²) in [5.74, 6) is 0.881. The number of ether oxygens (including phenoxy) is 1. The fraction of sp³-hybridized carbons (Fsp3) is 0.129. The summed E-state index contributed by atoms with van der Waals surface area (Å²) in [5, 5.41) is 60.0. The van der Waals surface area contributed by atoms with Crippen LogP contribution in [-0.2, 0) is 6.61 Å². The van der Waals surface area contributed by atoms with Gasteiger partial charge in [0.2, 0.25) is 0 Å². The highest BCUT2D eigenvalue weighted by atomic mass is 35.5. The van der Waals surface area contributed by atoms with Crippen LogP contribution >= 0.6 is 19.5 Å². The lowest BCUT2D eigenvalue weighted by atomic mass is 9.79. The van der Waals surface area contributed by atoms with Gasteiger partial charge in [0, 0.05) is 10.6 Å². The molecule has 0 amide bonds. The number of fused-ring (bicyclic) bond motifs is 16. The van der Waals surface area contributed by atoms with E-state index in [1.165, 1.54) is 244 Å². The van der Waals surface area contributed by atoms with Crippen LogP contribution in [0.3, 0.4) is 0 Å². The quantitative estimate of drug-likeness (QED) is 0.0648. The first-order chi connectivity index (χ1) is 63.7. The second-order valence-electron chi connectivity index (χ2n) is 34.7. The van der Waals surface area contributed by atoms with Gasteiger partial charge in [-0.05, 0) is 298 Å². The van der Waals surface area contributed by atoms with Gasteiger partial charge in [0.25, 0.3) is 0 Å². The molecule has 0 saturated heterocycles. The van der Waals surface area contributed by atoms with E-state index in [4.69, 9.17) is 26.4 Å². The summed E-state index contributed by atoms with van der Waals surface area (Å²) in [6.07, 6.45) is 14.0. The molecular formula is C124H105BClO4P. The largest absolute Gasteiger partial charge is 0.496 e. The first-order valence-electron chi connectivity index (χ1n) is 45.6. The molecule has 131 heavy (non-hydrogen) atoms. The molecule has 2 fully saturated rings. The summed E-state index contributed by atoms with van der Waals surface area (Å²) in [5.41, 5.74) is 18.1. The topological polar surface area (TPSA) is 69.9 Å². The Labute approximate surface area is 774 Å². The van der Waals surface area contributed by atoms with Crippen molar-refractivity contribution in [1.82, 2.24) is 0 Å². The van der Waals surface area contributed by atoms with Crippen LogP contribution in [0.15, 0.2) is 406 Å². The Kier molecular flexibility index (Phi) is 25.6. The zero-order valence-electron chi connectivity index (χ0n) is 72.3. The Morgan fingerprint density at radius 1 is 0.275 bits per heavy atom. The van der Waals surface area contributed by atoms with Crippen LogP contribution < -0.4 is 15.5 Å². The maximum absolute atomic E-state index is 10.1. The highest BCUT2D eigenvalue weighted by molar-refractivity contribution is 7.67. The van der Waals surface area contributed by atoms with Crippen LogP contribution in [0, 0.1) is 0 Å². The number of hydrogen-bond donors (Lipinski definition) is 3. The van der Waals surface area contributed by atoms with Crippen LogP contribution in [-0.4, -0.2) is 40.7 Å². The molecular weight excluding hydrogens is 1630 g/mol. The van der Waals surface area contributed by atoms with Gasteiger partial charge in [0.05, 0.1) is 13.7 Å². The van der Waals surface area contributed by atoms with Gasteiger partial charge in [-0.15, -0.1) is 0 Å². The van der Waals surface area contributed by atoms with E-state index in [1.54, 1.807) is 24.5 Å². The van der Waals surface area contributed by atoms with E-state index >= 15 is 0 Å². The summed E-state index contributed by atoms with van der Waals surface area (Å²) in [7, 11) is 0.151. The van der Waals surface area contributed by atoms with Gasteiger partial charge in [-0.1, -0.05) is 425 Å². The van der Waals surface area contributed by atoms with Crippen molar-refractivity contribution in [2.45, 2.75) is 97.0 Å².